The molecule has 2 N–H and O–H groups in total. The number of carboxylic acid groups (broad SMARTS) is 1. The average molecular weight is 545 g/mol. The first-order valence-electron chi connectivity index (χ1n) is 10.6. The Bertz CT molecular complexity index is 1390. The number of carbonyl (C=O) groups excluding carboxylic acids is 2. The van der Waals surface area contributed by atoms with Crippen molar-refractivity contribution >= 4 is 63.5 Å². The highest BCUT2D eigenvalue weighted by Crippen LogP contribution is 2.35. The van der Waals surface area contributed by atoms with E-state index in [1.807, 2.05) is 0 Å². The Morgan fingerprint density at radius 1 is 1.06 bits per heavy atom. The maximum atomic E-state index is 13.5. The van der Waals surface area contributed by atoms with E-state index >= 15 is 0 Å². The fourth-order valence-corrected chi connectivity index (χ4v) is 5.57. The number of carboxylic acids is 1. The summed E-state index contributed by atoms with van der Waals surface area (Å²) < 4.78 is 27.1. The summed E-state index contributed by atoms with van der Waals surface area (Å²) >= 11 is 7.81. The molecule has 3 aromatic rings. The fourth-order valence-electron chi connectivity index (χ4n) is 3.35. The van der Waals surface area contributed by atoms with Crippen LogP contribution in [-0.2, 0) is 16.1 Å². The number of amides is 2. The smallest absolute Gasteiger partial charge is 0.335 e. The summed E-state index contributed by atoms with van der Waals surface area (Å²) in [5, 5.41) is 13.5. The van der Waals surface area contributed by atoms with Crippen molar-refractivity contribution in [3.8, 4) is 11.1 Å². The van der Waals surface area contributed by atoms with Gasteiger partial charge in [-0.15, -0.1) is 11.3 Å². The lowest BCUT2D eigenvalue weighted by Gasteiger charge is -2.14. The fraction of sp³-hybridized carbons (Fsp3) is 0.120. The molecule has 0 bridgehead atoms. The lowest BCUT2D eigenvalue weighted by molar-refractivity contribution is -0.123. The van der Waals surface area contributed by atoms with E-state index in [1.54, 1.807) is 29.7 Å². The molecule has 2 heterocycles. The van der Waals surface area contributed by atoms with Crippen LogP contribution in [0.3, 0.4) is 0 Å². The zero-order chi connectivity index (χ0) is 25.8. The van der Waals surface area contributed by atoms with Crippen molar-refractivity contribution in [3.63, 3.8) is 0 Å². The molecule has 36 heavy (non-hydrogen) atoms. The topological polar surface area (TPSA) is 86.7 Å². The van der Waals surface area contributed by atoms with Gasteiger partial charge in [-0.05, 0) is 58.5 Å². The number of thioether (sulfide) groups is 1. The van der Waals surface area contributed by atoms with Gasteiger partial charge in [0.1, 0.15) is 4.32 Å². The number of aromatic carboxylic acids is 1. The molecule has 1 aliphatic rings. The molecule has 1 saturated heterocycles. The molecule has 2 aromatic carbocycles. The predicted octanol–water partition coefficient (Wildman–Crippen LogP) is 5.30. The molecule has 0 radical (unpaired) electrons. The van der Waals surface area contributed by atoms with Crippen molar-refractivity contribution in [1.29, 1.82) is 0 Å². The first-order chi connectivity index (χ1) is 17.2. The van der Waals surface area contributed by atoms with Gasteiger partial charge < -0.3 is 10.4 Å². The van der Waals surface area contributed by atoms with E-state index in [1.165, 1.54) is 34.4 Å². The summed E-state index contributed by atoms with van der Waals surface area (Å²) in [7, 11) is 0. The number of thiocarbonyl (C=S) groups is 1. The number of hydrogen-bond donors (Lipinski definition) is 2. The second kappa shape index (κ2) is 11.1. The van der Waals surface area contributed by atoms with Crippen LogP contribution in [0.2, 0.25) is 0 Å². The molecule has 184 valence electrons. The largest absolute Gasteiger partial charge is 0.478 e. The highest BCUT2D eigenvalue weighted by molar-refractivity contribution is 8.26. The van der Waals surface area contributed by atoms with Crippen LogP contribution in [0.15, 0.2) is 58.8 Å². The number of carbonyl (C=O) groups is 3. The second-order valence-electron chi connectivity index (χ2n) is 7.73. The maximum absolute atomic E-state index is 13.5. The van der Waals surface area contributed by atoms with Crippen LogP contribution in [0.5, 0.6) is 0 Å². The standard InChI is InChI=1S/C25H18F2N2O4S3/c26-19-6-5-16(10-20(19)27)17-9-18(35-13-17)11-21-23(31)29(25(34)36-21)8-7-22(30)28-12-14-1-3-15(4-2-14)24(32)33/h1-6,9-11,13H,7-8,12H2,(H,28,30)(H,32,33). The van der Waals surface area contributed by atoms with Crippen LogP contribution in [0, 0.1) is 11.6 Å². The first kappa shape index (κ1) is 25.7. The molecular formula is C25H18F2N2O4S3. The van der Waals surface area contributed by atoms with Gasteiger partial charge in [0, 0.05) is 24.4 Å². The summed E-state index contributed by atoms with van der Waals surface area (Å²) in [6.45, 7) is 0.353. The Kier molecular flexibility index (Phi) is 7.92. The van der Waals surface area contributed by atoms with E-state index in [4.69, 9.17) is 17.3 Å². The summed E-state index contributed by atoms with van der Waals surface area (Å²) in [4.78, 5) is 38.5. The van der Waals surface area contributed by atoms with Crippen LogP contribution >= 0.6 is 35.3 Å². The highest BCUT2D eigenvalue weighted by atomic mass is 32.2. The summed E-state index contributed by atoms with van der Waals surface area (Å²) in [5.74, 6) is -3.44. The van der Waals surface area contributed by atoms with Crippen LogP contribution in [-0.4, -0.2) is 38.7 Å². The predicted molar refractivity (Wildman–Crippen MR) is 139 cm³/mol. The van der Waals surface area contributed by atoms with E-state index in [0.29, 0.717) is 20.4 Å². The monoisotopic (exact) mass is 544 g/mol. The Labute approximate surface area is 218 Å². The number of nitrogens with one attached hydrogen (secondary N) is 1. The van der Waals surface area contributed by atoms with Crippen LogP contribution in [0.1, 0.15) is 27.2 Å². The van der Waals surface area contributed by atoms with Crippen molar-refractivity contribution < 1.29 is 28.3 Å². The minimum atomic E-state index is -1.02. The van der Waals surface area contributed by atoms with Gasteiger partial charge in [0.05, 0.1) is 10.5 Å². The normalized spacial score (nSPS) is 14.5. The minimum Gasteiger partial charge on any atom is -0.478 e. The van der Waals surface area contributed by atoms with Crippen LogP contribution in [0.4, 0.5) is 8.78 Å². The van der Waals surface area contributed by atoms with E-state index in [0.717, 1.165) is 34.3 Å². The number of benzene rings is 2. The van der Waals surface area contributed by atoms with E-state index in [2.05, 4.69) is 5.32 Å². The van der Waals surface area contributed by atoms with Gasteiger partial charge in [-0.1, -0.05) is 42.2 Å². The third-order valence-corrected chi connectivity index (χ3v) is 7.53. The van der Waals surface area contributed by atoms with E-state index in [9.17, 15) is 23.2 Å². The van der Waals surface area contributed by atoms with Gasteiger partial charge in [-0.2, -0.15) is 0 Å². The summed E-state index contributed by atoms with van der Waals surface area (Å²) in [5.41, 5.74) is 2.15. The van der Waals surface area contributed by atoms with Crippen molar-refractivity contribution in [1.82, 2.24) is 10.2 Å². The Hall–Kier alpha value is -3.41. The third-order valence-electron chi connectivity index (χ3n) is 5.27. The first-order valence-corrected chi connectivity index (χ1v) is 12.7. The van der Waals surface area contributed by atoms with Gasteiger partial charge in [0.15, 0.2) is 11.6 Å². The van der Waals surface area contributed by atoms with Gasteiger partial charge in [0.25, 0.3) is 5.91 Å². The molecular weight excluding hydrogens is 526 g/mol. The zero-order valence-electron chi connectivity index (χ0n) is 18.5. The van der Waals surface area contributed by atoms with Crippen LogP contribution < -0.4 is 5.32 Å². The Balaban J connectivity index is 1.32. The number of rotatable bonds is 8. The zero-order valence-corrected chi connectivity index (χ0v) is 20.9. The van der Waals surface area contributed by atoms with Gasteiger partial charge >= 0.3 is 5.97 Å². The van der Waals surface area contributed by atoms with Crippen molar-refractivity contribution in [2.24, 2.45) is 0 Å². The van der Waals surface area contributed by atoms with E-state index in [-0.39, 0.29) is 36.9 Å². The lowest BCUT2D eigenvalue weighted by Crippen LogP contribution is -2.33. The summed E-state index contributed by atoms with van der Waals surface area (Å²) in [6.07, 6.45) is 1.74. The maximum Gasteiger partial charge on any atom is 0.335 e. The molecule has 6 nitrogen and oxygen atoms in total. The molecule has 0 aliphatic carbocycles. The van der Waals surface area contributed by atoms with Gasteiger partial charge in [0.2, 0.25) is 5.91 Å². The number of nitrogens with zero attached hydrogens (tertiary/aromatic N) is 1. The lowest BCUT2D eigenvalue weighted by atomic mass is 10.1. The molecule has 1 fully saturated rings. The molecule has 0 saturated carbocycles. The Morgan fingerprint density at radius 3 is 2.50 bits per heavy atom. The average Bonchev–Trinajstić information content (AvgIpc) is 3.42. The van der Waals surface area contributed by atoms with Gasteiger partial charge in [-0.3, -0.25) is 14.5 Å². The quantitative estimate of drug-likeness (QED) is 0.296. The van der Waals surface area contributed by atoms with E-state index < -0.39 is 17.6 Å². The highest BCUT2D eigenvalue weighted by Gasteiger charge is 2.32. The molecule has 0 spiro atoms. The van der Waals surface area contributed by atoms with Crippen molar-refractivity contribution in [2.45, 2.75) is 13.0 Å². The number of hydrogen-bond acceptors (Lipinski definition) is 6. The number of thiophene rings is 1. The Morgan fingerprint density at radius 2 is 1.81 bits per heavy atom. The van der Waals surface area contributed by atoms with Crippen molar-refractivity contribution in [3.05, 3.63) is 86.5 Å². The molecule has 11 heteroatoms. The SMILES string of the molecule is O=C(CCN1C(=O)C(=Cc2cc(-c3ccc(F)c(F)c3)cs2)SC1=S)NCc1ccc(C(=O)O)cc1. The molecule has 4 rings (SSSR count). The molecule has 2 amide bonds. The number of halogens is 2. The molecule has 1 aromatic heterocycles. The molecule has 0 atom stereocenters. The van der Waals surface area contributed by atoms with Crippen molar-refractivity contribution in [2.75, 3.05) is 6.54 Å². The second-order valence-corrected chi connectivity index (χ2v) is 10.3. The van der Waals surface area contributed by atoms with Crippen LogP contribution in [0.25, 0.3) is 17.2 Å². The third kappa shape index (κ3) is 6.04. The minimum absolute atomic E-state index is 0.0478. The summed E-state index contributed by atoms with van der Waals surface area (Å²) in [6, 6.07) is 11.6. The molecule has 1 aliphatic heterocycles. The molecule has 0 unspecified atom stereocenters. The van der Waals surface area contributed by atoms with Gasteiger partial charge in [-0.25, -0.2) is 13.6 Å².